The van der Waals surface area contributed by atoms with Gasteiger partial charge in [0.2, 0.25) is 10.0 Å². The van der Waals surface area contributed by atoms with Crippen molar-refractivity contribution >= 4 is 15.8 Å². The van der Waals surface area contributed by atoms with E-state index in [1.807, 2.05) is 0 Å². The van der Waals surface area contributed by atoms with Gasteiger partial charge in [0.1, 0.15) is 10.7 Å². The molecule has 6 heteroatoms. The molecule has 0 radical (unpaired) electrons. The first kappa shape index (κ1) is 11.3. The Morgan fingerprint density at radius 2 is 2.12 bits per heavy atom. The van der Waals surface area contributed by atoms with Gasteiger partial charge in [0.05, 0.1) is 0 Å². The SMILES string of the molecule is CNc1ccc(S(=O)(=O)NC2CCC2)cn1. The fourth-order valence-electron chi connectivity index (χ4n) is 1.50. The number of aromatic nitrogens is 1. The molecule has 1 aromatic rings. The quantitative estimate of drug-likeness (QED) is 0.823. The highest BCUT2D eigenvalue weighted by Gasteiger charge is 2.24. The van der Waals surface area contributed by atoms with Crippen molar-refractivity contribution in [1.29, 1.82) is 0 Å². The summed E-state index contributed by atoms with van der Waals surface area (Å²) in [5, 5.41) is 2.84. The summed E-state index contributed by atoms with van der Waals surface area (Å²) in [7, 11) is -1.65. The van der Waals surface area contributed by atoms with E-state index in [0.717, 1.165) is 19.3 Å². The number of sulfonamides is 1. The van der Waals surface area contributed by atoms with Crippen LogP contribution in [0.1, 0.15) is 19.3 Å². The molecule has 1 saturated carbocycles. The molecule has 2 N–H and O–H groups in total. The number of hydrogen-bond acceptors (Lipinski definition) is 4. The second-order valence-corrected chi connectivity index (χ2v) is 5.59. The summed E-state index contributed by atoms with van der Waals surface area (Å²) in [6, 6.07) is 3.31. The van der Waals surface area contributed by atoms with Crippen molar-refractivity contribution in [3.63, 3.8) is 0 Å². The Morgan fingerprint density at radius 3 is 2.56 bits per heavy atom. The van der Waals surface area contributed by atoms with Gasteiger partial charge in [-0.25, -0.2) is 18.1 Å². The Hall–Kier alpha value is -1.14. The number of nitrogens with zero attached hydrogens (tertiary/aromatic N) is 1. The summed E-state index contributed by atoms with van der Waals surface area (Å²) in [4.78, 5) is 4.21. The van der Waals surface area contributed by atoms with Crippen molar-refractivity contribution in [2.75, 3.05) is 12.4 Å². The Morgan fingerprint density at radius 1 is 1.38 bits per heavy atom. The molecule has 1 aliphatic rings. The fourth-order valence-corrected chi connectivity index (χ4v) is 2.75. The lowest BCUT2D eigenvalue weighted by atomic mass is 9.94. The lowest BCUT2D eigenvalue weighted by Crippen LogP contribution is -2.39. The number of pyridine rings is 1. The summed E-state index contributed by atoms with van der Waals surface area (Å²) in [6.45, 7) is 0. The Bertz CT molecular complexity index is 451. The van der Waals surface area contributed by atoms with Crippen LogP contribution in [-0.4, -0.2) is 26.5 Å². The summed E-state index contributed by atoms with van der Waals surface area (Å²) in [5.41, 5.74) is 0. The highest BCUT2D eigenvalue weighted by Crippen LogP contribution is 2.21. The summed E-state index contributed by atoms with van der Waals surface area (Å²) in [6.07, 6.45) is 4.33. The fraction of sp³-hybridized carbons (Fsp3) is 0.500. The van der Waals surface area contributed by atoms with Crippen LogP contribution in [-0.2, 0) is 10.0 Å². The van der Waals surface area contributed by atoms with Crippen LogP contribution in [0.25, 0.3) is 0 Å². The van der Waals surface area contributed by atoms with E-state index >= 15 is 0 Å². The Labute approximate surface area is 95.3 Å². The van der Waals surface area contributed by atoms with Crippen LogP contribution in [0.5, 0.6) is 0 Å². The molecule has 0 aromatic carbocycles. The third kappa shape index (κ3) is 2.33. The molecule has 1 heterocycles. The molecule has 0 saturated heterocycles. The van der Waals surface area contributed by atoms with Gasteiger partial charge in [-0.2, -0.15) is 0 Å². The maximum absolute atomic E-state index is 11.9. The standard InChI is InChI=1S/C10H15N3O2S/c1-11-10-6-5-9(7-12-10)16(14,15)13-8-3-2-4-8/h5-8,13H,2-4H2,1H3,(H,11,12). The van der Waals surface area contributed by atoms with Crippen molar-refractivity contribution in [2.45, 2.75) is 30.2 Å². The molecule has 0 aliphatic heterocycles. The third-order valence-corrected chi connectivity index (χ3v) is 4.24. The second kappa shape index (κ2) is 4.39. The second-order valence-electron chi connectivity index (χ2n) is 3.88. The van der Waals surface area contributed by atoms with Gasteiger partial charge in [-0.3, -0.25) is 0 Å². The number of anilines is 1. The first-order valence-electron chi connectivity index (χ1n) is 5.28. The van der Waals surface area contributed by atoms with E-state index in [1.165, 1.54) is 6.20 Å². The Kier molecular flexibility index (Phi) is 3.11. The number of hydrogen-bond donors (Lipinski definition) is 2. The van der Waals surface area contributed by atoms with Crippen LogP contribution in [0.4, 0.5) is 5.82 Å². The predicted molar refractivity (Wildman–Crippen MR) is 61.7 cm³/mol. The molecule has 2 rings (SSSR count). The van der Waals surface area contributed by atoms with Crippen LogP contribution in [0.2, 0.25) is 0 Å². The smallest absolute Gasteiger partial charge is 0.242 e. The van der Waals surface area contributed by atoms with Gasteiger partial charge < -0.3 is 5.32 Å². The summed E-state index contributed by atoms with van der Waals surface area (Å²) in [5.74, 6) is 0.655. The molecular weight excluding hydrogens is 226 g/mol. The van der Waals surface area contributed by atoms with Crippen LogP contribution >= 0.6 is 0 Å². The molecule has 16 heavy (non-hydrogen) atoms. The number of rotatable bonds is 4. The van der Waals surface area contributed by atoms with Gasteiger partial charge >= 0.3 is 0 Å². The molecule has 0 atom stereocenters. The molecule has 1 aromatic heterocycles. The van der Waals surface area contributed by atoms with Crippen LogP contribution < -0.4 is 10.0 Å². The average Bonchev–Trinajstić information content (AvgIpc) is 2.24. The first-order chi connectivity index (χ1) is 7.62. The molecule has 1 fully saturated rings. The zero-order valence-corrected chi connectivity index (χ0v) is 9.92. The van der Waals surface area contributed by atoms with Crippen molar-refractivity contribution in [3.05, 3.63) is 18.3 Å². The van der Waals surface area contributed by atoms with Crippen molar-refractivity contribution in [1.82, 2.24) is 9.71 Å². The van der Waals surface area contributed by atoms with Crippen molar-refractivity contribution < 1.29 is 8.42 Å². The van der Waals surface area contributed by atoms with Gasteiger partial charge in [-0.15, -0.1) is 0 Å². The third-order valence-electron chi connectivity index (χ3n) is 2.73. The molecule has 88 valence electrons. The van der Waals surface area contributed by atoms with Gasteiger partial charge in [0, 0.05) is 19.3 Å². The number of nitrogens with one attached hydrogen (secondary N) is 2. The molecule has 0 amide bonds. The molecular formula is C10H15N3O2S. The van der Waals surface area contributed by atoms with Gasteiger partial charge in [0.25, 0.3) is 0 Å². The largest absolute Gasteiger partial charge is 0.373 e. The van der Waals surface area contributed by atoms with Crippen molar-refractivity contribution in [2.24, 2.45) is 0 Å². The highest BCUT2D eigenvalue weighted by atomic mass is 32.2. The van der Waals surface area contributed by atoms with Crippen LogP contribution in [0, 0.1) is 0 Å². The molecule has 1 aliphatic carbocycles. The maximum atomic E-state index is 11.9. The maximum Gasteiger partial charge on any atom is 0.242 e. The van der Waals surface area contributed by atoms with E-state index in [2.05, 4.69) is 15.0 Å². The topological polar surface area (TPSA) is 71.1 Å². The van der Waals surface area contributed by atoms with E-state index in [0.29, 0.717) is 5.82 Å². The zero-order chi connectivity index (χ0) is 11.6. The van der Waals surface area contributed by atoms with Gasteiger partial charge in [0.15, 0.2) is 0 Å². The Balaban J connectivity index is 2.14. The minimum atomic E-state index is -3.39. The summed E-state index contributed by atoms with van der Waals surface area (Å²) >= 11 is 0. The van der Waals surface area contributed by atoms with Crippen LogP contribution in [0.3, 0.4) is 0 Å². The van der Waals surface area contributed by atoms with E-state index in [-0.39, 0.29) is 10.9 Å². The molecule has 5 nitrogen and oxygen atoms in total. The first-order valence-corrected chi connectivity index (χ1v) is 6.76. The lowest BCUT2D eigenvalue weighted by Gasteiger charge is -2.25. The predicted octanol–water partition coefficient (Wildman–Crippen LogP) is 0.954. The van der Waals surface area contributed by atoms with E-state index in [4.69, 9.17) is 0 Å². The summed E-state index contributed by atoms with van der Waals surface area (Å²) < 4.78 is 26.4. The zero-order valence-electron chi connectivity index (χ0n) is 9.10. The van der Waals surface area contributed by atoms with Crippen molar-refractivity contribution in [3.8, 4) is 0 Å². The van der Waals surface area contributed by atoms with E-state index in [9.17, 15) is 8.42 Å². The monoisotopic (exact) mass is 241 g/mol. The normalized spacial score (nSPS) is 16.8. The highest BCUT2D eigenvalue weighted by molar-refractivity contribution is 7.89. The minimum Gasteiger partial charge on any atom is -0.373 e. The molecule has 0 bridgehead atoms. The van der Waals surface area contributed by atoms with E-state index < -0.39 is 10.0 Å². The van der Waals surface area contributed by atoms with Gasteiger partial charge in [-0.05, 0) is 25.0 Å². The molecule has 0 unspecified atom stereocenters. The lowest BCUT2D eigenvalue weighted by molar-refractivity contribution is 0.383. The van der Waals surface area contributed by atoms with Gasteiger partial charge in [-0.1, -0.05) is 6.42 Å². The van der Waals surface area contributed by atoms with E-state index in [1.54, 1.807) is 19.2 Å². The average molecular weight is 241 g/mol. The minimum absolute atomic E-state index is 0.106. The van der Waals surface area contributed by atoms with Crippen LogP contribution in [0.15, 0.2) is 23.2 Å². The molecule has 0 spiro atoms.